The first kappa shape index (κ1) is 18.7. The quantitative estimate of drug-likeness (QED) is 0.473. The van der Waals surface area contributed by atoms with Crippen LogP contribution in [0.25, 0.3) is 0 Å². The van der Waals surface area contributed by atoms with Gasteiger partial charge in [0.15, 0.2) is 0 Å². The minimum absolute atomic E-state index is 0.558. The molecule has 0 atom stereocenters. The molecule has 0 saturated heterocycles. The van der Waals surface area contributed by atoms with E-state index in [1.165, 1.54) is 12.8 Å². The van der Waals surface area contributed by atoms with Gasteiger partial charge in [0, 0.05) is 18.4 Å². The van der Waals surface area contributed by atoms with Crippen molar-refractivity contribution in [3.05, 3.63) is 72.4 Å². The highest BCUT2D eigenvalue weighted by Crippen LogP contribution is 2.19. The number of hydrogen-bond donors (Lipinski definition) is 2. The number of hydrogen-bond acceptors (Lipinski definition) is 5. The Balaban J connectivity index is 1.52. The van der Waals surface area contributed by atoms with Crippen molar-refractivity contribution in [2.24, 2.45) is 0 Å². The van der Waals surface area contributed by atoms with Crippen molar-refractivity contribution in [3.63, 3.8) is 0 Å². The third-order valence-electron chi connectivity index (χ3n) is 4.10. The number of unbranched alkanes of at least 4 members (excludes halogenated alkanes) is 2. The molecule has 2 aromatic carbocycles. The van der Waals surface area contributed by atoms with Crippen LogP contribution >= 0.6 is 0 Å². The Labute approximate surface area is 160 Å². The van der Waals surface area contributed by atoms with Crippen molar-refractivity contribution >= 4 is 17.5 Å². The lowest BCUT2D eigenvalue weighted by atomic mass is 10.2. The Morgan fingerprint density at radius 2 is 1.74 bits per heavy atom. The van der Waals surface area contributed by atoms with Crippen molar-refractivity contribution in [2.45, 2.75) is 32.8 Å². The van der Waals surface area contributed by atoms with Crippen LogP contribution in [0.4, 0.5) is 17.5 Å². The van der Waals surface area contributed by atoms with Crippen LogP contribution in [0.3, 0.4) is 0 Å². The lowest BCUT2D eigenvalue weighted by Gasteiger charge is -2.10. The SMILES string of the molecule is CCCCCNc1ccnc(Nc2ccc(OCc3ccccc3)cc2)n1. The number of rotatable bonds is 10. The van der Waals surface area contributed by atoms with E-state index in [1.807, 2.05) is 48.5 Å². The normalized spacial score (nSPS) is 10.4. The summed E-state index contributed by atoms with van der Waals surface area (Å²) in [5, 5.41) is 6.57. The summed E-state index contributed by atoms with van der Waals surface area (Å²) < 4.78 is 5.81. The van der Waals surface area contributed by atoms with Gasteiger partial charge in [-0.15, -0.1) is 0 Å². The number of benzene rings is 2. The molecule has 0 fully saturated rings. The Kier molecular flexibility index (Phi) is 7.04. The Hall–Kier alpha value is -3.08. The highest BCUT2D eigenvalue weighted by Gasteiger charge is 2.01. The van der Waals surface area contributed by atoms with Crippen LogP contribution in [0.5, 0.6) is 5.75 Å². The maximum atomic E-state index is 5.81. The van der Waals surface area contributed by atoms with Crippen molar-refractivity contribution in [3.8, 4) is 5.75 Å². The van der Waals surface area contributed by atoms with Crippen LogP contribution in [0.2, 0.25) is 0 Å². The van der Waals surface area contributed by atoms with Crippen LogP contribution in [0, 0.1) is 0 Å². The standard InChI is InChI=1S/C22H26N4O/c1-2-3-7-15-23-21-14-16-24-22(26-21)25-19-10-12-20(13-11-19)27-17-18-8-5-4-6-9-18/h4-6,8-14,16H,2-3,7,15,17H2,1H3,(H2,23,24,25,26). The molecule has 1 aromatic heterocycles. The maximum absolute atomic E-state index is 5.81. The molecule has 0 radical (unpaired) electrons. The van der Waals surface area contributed by atoms with Gasteiger partial charge in [-0.05, 0) is 42.3 Å². The van der Waals surface area contributed by atoms with Crippen molar-refractivity contribution in [1.82, 2.24) is 9.97 Å². The van der Waals surface area contributed by atoms with E-state index in [2.05, 4.69) is 39.7 Å². The number of nitrogens with one attached hydrogen (secondary N) is 2. The van der Waals surface area contributed by atoms with Crippen LogP contribution in [0.15, 0.2) is 66.9 Å². The van der Waals surface area contributed by atoms with E-state index < -0.39 is 0 Å². The van der Waals surface area contributed by atoms with Gasteiger partial charge in [0.2, 0.25) is 5.95 Å². The molecule has 3 rings (SSSR count). The van der Waals surface area contributed by atoms with Crippen molar-refractivity contribution < 1.29 is 4.74 Å². The molecule has 0 unspecified atom stereocenters. The summed E-state index contributed by atoms with van der Waals surface area (Å²) in [5.74, 6) is 2.25. The topological polar surface area (TPSA) is 59.1 Å². The van der Waals surface area contributed by atoms with Crippen molar-refractivity contribution in [1.29, 1.82) is 0 Å². The predicted molar refractivity (Wildman–Crippen MR) is 111 cm³/mol. The fourth-order valence-electron chi connectivity index (χ4n) is 2.61. The van der Waals surface area contributed by atoms with Crippen LogP contribution in [-0.4, -0.2) is 16.5 Å². The average molecular weight is 362 g/mol. The summed E-state index contributed by atoms with van der Waals surface area (Å²) in [6, 6.07) is 19.8. The van der Waals surface area contributed by atoms with Gasteiger partial charge in [0.05, 0.1) is 0 Å². The molecular weight excluding hydrogens is 336 g/mol. The van der Waals surface area contributed by atoms with Gasteiger partial charge < -0.3 is 15.4 Å². The van der Waals surface area contributed by atoms with Gasteiger partial charge in [-0.1, -0.05) is 50.1 Å². The molecular formula is C22H26N4O. The fourth-order valence-corrected chi connectivity index (χ4v) is 2.61. The number of ether oxygens (including phenoxy) is 1. The third kappa shape index (κ3) is 6.29. The monoisotopic (exact) mass is 362 g/mol. The minimum Gasteiger partial charge on any atom is -0.489 e. The van der Waals surface area contributed by atoms with Crippen LogP contribution < -0.4 is 15.4 Å². The molecule has 5 heteroatoms. The van der Waals surface area contributed by atoms with Gasteiger partial charge in [0.25, 0.3) is 0 Å². The zero-order chi connectivity index (χ0) is 18.7. The Morgan fingerprint density at radius 1 is 0.926 bits per heavy atom. The molecule has 0 bridgehead atoms. The van der Waals surface area contributed by atoms with Crippen LogP contribution in [-0.2, 0) is 6.61 Å². The summed E-state index contributed by atoms with van der Waals surface area (Å²) in [5.41, 5.74) is 2.07. The molecule has 0 saturated carbocycles. The molecule has 0 spiro atoms. The summed E-state index contributed by atoms with van der Waals surface area (Å²) in [7, 11) is 0. The highest BCUT2D eigenvalue weighted by molar-refractivity contribution is 5.55. The van der Waals surface area contributed by atoms with Crippen LogP contribution in [0.1, 0.15) is 31.7 Å². The first-order valence-electron chi connectivity index (χ1n) is 9.44. The van der Waals surface area contributed by atoms with Gasteiger partial charge in [-0.3, -0.25) is 0 Å². The van der Waals surface area contributed by atoms with Gasteiger partial charge >= 0.3 is 0 Å². The number of anilines is 3. The Bertz CT molecular complexity index is 806. The second-order valence-corrected chi connectivity index (χ2v) is 6.32. The van der Waals surface area contributed by atoms with E-state index in [0.717, 1.165) is 35.8 Å². The van der Waals surface area contributed by atoms with E-state index >= 15 is 0 Å². The van der Waals surface area contributed by atoms with E-state index in [0.29, 0.717) is 12.6 Å². The molecule has 27 heavy (non-hydrogen) atoms. The average Bonchev–Trinajstić information content (AvgIpc) is 2.72. The molecule has 140 valence electrons. The number of nitrogens with zero attached hydrogens (tertiary/aromatic N) is 2. The number of aromatic nitrogens is 2. The smallest absolute Gasteiger partial charge is 0.229 e. The second-order valence-electron chi connectivity index (χ2n) is 6.32. The lowest BCUT2D eigenvalue weighted by Crippen LogP contribution is -2.05. The first-order chi connectivity index (χ1) is 13.3. The van der Waals surface area contributed by atoms with Gasteiger partial charge in [-0.25, -0.2) is 4.98 Å². The molecule has 0 aliphatic rings. The molecule has 0 aliphatic carbocycles. The van der Waals surface area contributed by atoms with Crippen molar-refractivity contribution in [2.75, 3.05) is 17.2 Å². The first-order valence-corrected chi connectivity index (χ1v) is 9.44. The van der Waals surface area contributed by atoms with Gasteiger partial charge in [-0.2, -0.15) is 4.98 Å². The Morgan fingerprint density at radius 3 is 2.52 bits per heavy atom. The van der Waals surface area contributed by atoms with Gasteiger partial charge in [0.1, 0.15) is 18.2 Å². The second kappa shape index (κ2) is 10.2. The molecule has 5 nitrogen and oxygen atoms in total. The third-order valence-corrected chi connectivity index (χ3v) is 4.10. The minimum atomic E-state index is 0.558. The molecule has 2 N–H and O–H groups in total. The zero-order valence-electron chi connectivity index (χ0n) is 15.7. The van der Waals surface area contributed by atoms with E-state index in [9.17, 15) is 0 Å². The zero-order valence-corrected chi connectivity index (χ0v) is 15.7. The summed E-state index contributed by atoms with van der Waals surface area (Å²) in [6.07, 6.45) is 5.34. The predicted octanol–water partition coefficient (Wildman–Crippen LogP) is 5.40. The molecule has 0 aliphatic heterocycles. The van der Waals surface area contributed by atoms with E-state index in [1.54, 1.807) is 6.20 Å². The summed E-state index contributed by atoms with van der Waals surface area (Å²) in [6.45, 7) is 3.69. The molecule has 3 aromatic rings. The summed E-state index contributed by atoms with van der Waals surface area (Å²) in [4.78, 5) is 8.78. The lowest BCUT2D eigenvalue weighted by molar-refractivity contribution is 0.306. The van der Waals surface area contributed by atoms with E-state index in [4.69, 9.17) is 4.74 Å². The van der Waals surface area contributed by atoms with E-state index in [-0.39, 0.29) is 0 Å². The largest absolute Gasteiger partial charge is 0.489 e. The highest BCUT2D eigenvalue weighted by atomic mass is 16.5. The maximum Gasteiger partial charge on any atom is 0.229 e. The fraction of sp³-hybridized carbons (Fsp3) is 0.273. The molecule has 0 amide bonds. The molecule has 1 heterocycles. The summed E-state index contributed by atoms with van der Waals surface area (Å²) >= 11 is 0.